The van der Waals surface area contributed by atoms with E-state index in [4.69, 9.17) is 36.7 Å². The Labute approximate surface area is 896 Å². The van der Waals surface area contributed by atoms with Crippen LogP contribution in [0.5, 0.6) is 28.7 Å². The SMILES string of the molecule is C#Cc1cccc(-n2nnn(C)c2=O)c1COc1cc(C)[c-]cc1C.C/C=C/c1cccc(-n2nnn(C)c2=O)c1COc1cc(C)[c-]cc1C.C=C(C)c1cccc(-n2nnn(C)c2=O)c1COc1cc(C)[c-]cc1C.CC#Cc1cccc(-n2nnn(C)c2=O)c1COc1cc(C)[c-]cc1C.[C-]#[N+]c1cccc(-n2nnn(C)c2=O)c1COc1cc(C)[c-]cc1C.[Y].[Y].[Y].[Y].[Y]. The maximum absolute atomic E-state index is 12.3. The number of tetrazole rings is 5. The van der Waals surface area contributed by atoms with Gasteiger partial charge in [0.1, 0.15) is 33.0 Å². The third-order valence-corrected chi connectivity index (χ3v) is 20.0. The first-order valence-corrected chi connectivity index (χ1v) is 40.1. The van der Waals surface area contributed by atoms with E-state index in [0.717, 1.165) is 127 Å². The number of aromatic nitrogens is 20. The molecule has 0 unspecified atom stereocenters. The molecule has 0 fully saturated rings. The van der Waals surface area contributed by atoms with Gasteiger partial charge in [0.25, 0.3) is 0 Å². The van der Waals surface area contributed by atoms with Gasteiger partial charge in [-0.15, -0.1) is 70.5 Å². The fraction of sp³-hybridized carbons (Fsp3) is 0.237. The van der Waals surface area contributed by atoms with Gasteiger partial charge < -0.3 is 23.7 Å². The summed E-state index contributed by atoms with van der Waals surface area (Å²) in [5.74, 6) is 12.4. The van der Waals surface area contributed by atoms with Crippen LogP contribution in [0.3, 0.4) is 0 Å². The fourth-order valence-corrected chi connectivity index (χ4v) is 12.9. The number of hydrogen-bond acceptors (Lipinski definition) is 20. The molecule has 15 rings (SSSR count). The van der Waals surface area contributed by atoms with Crippen LogP contribution in [0.2, 0.25) is 0 Å². The molecule has 5 radical (unpaired) electrons. The predicted molar refractivity (Wildman–Crippen MR) is 485 cm³/mol. The van der Waals surface area contributed by atoms with Crippen molar-refractivity contribution in [2.24, 2.45) is 35.2 Å². The van der Waals surface area contributed by atoms with E-state index < -0.39 is 0 Å². The summed E-state index contributed by atoms with van der Waals surface area (Å²) < 4.78 is 42.2. The van der Waals surface area contributed by atoms with Gasteiger partial charge in [-0.2, -0.15) is 135 Å². The molecule has 0 saturated heterocycles. The molecule has 5 heterocycles. The minimum atomic E-state index is -0.385. The summed E-state index contributed by atoms with van der Waals surface area (Å²) in [6.07, 6.45) is 9.56. The van der Waals surface area contributed by atoms with Crippen molar-refractivity contribution in [3.63, 3.8) is 0 Å². The summed E-state index contributed by atoms with van der Waals surface area (Å²) in [4.78, 5) is 64.8. The number of rotatable bonds is 22. The van der Waals surface area contributed by atoms with Gasteiger partial charge >= 0.3 is 28.4 Å². The summed E-state index contributed by atoms with van der Waals surface area (Å²) in [6, 6.07) is 62.2. The second-order valence-corrected chi connectivity index (χ2v) is 29.7. The fourth-order valence-electron chi connectivity index (χ4n) is 12.9. The van der Waals surface area contributed by atoms with Crippen molar-refractivity contribution >= 4 is 17.3 Å². The van der Waals surface area contributed by atoms with Crippen molar-refractivity contribution in [1.29, 1.82) is 0 Å². The molecule has 0 N–H and O–H groups in total. The van der Waals surface area contributed by atoms with Crippen molar-refractivity contribution < 1.29 is 187 Å². The van der Waals surface area contributed by atoms with Gasteiger partial charge in [-0.25, -0.2) is 28.8 Å². The van der Waals surface area contributed by atoms with Crippen LogP contribution >= 0.6 is 0 Å². The zero-order valence-corrected chi connectivity index (χ0v) is 91.5. The van der Waals surface area contributed by atoms with Crippen LogP contribution in [0.25, 0.3) is 44.9 Å². The van der Waals surface area contributed by atoms with Crippen LogP contribution in [0.1, 0.15) is 126 Å². The molecule has 0 saturated carbocycles. The summed E-state index contributed by atoms with van der Waals surface area (Å²) in [5.41, 5.74) is 19.6. The molecule has 0 aliphatic carbocycles. The van der Waals surface area contributed by atoms with Gasteiger partial charge in [0.15, 0.2) is 5.69 Å². The number of benzene rings is 10. The Morgan fingerprint density at radius 3 is 0.970 bits per heavy atom. The Bertz CT molecular complexity index is 6980. The van der Waals surface area contributed by atoms with Crippen LogP contribution in [-0.4, -0.2) is 99.0 Å². The molecule has 133 heavy (non-hydrogen) atoms. The number of aryl methyl sites for hydroxylation is 15. The molecule has 10 aromatic carbocycles. The van der Waals surface area contributed by atoms with Crippen LogP contribution in [-0.2, 0) is 232 Å². The van der Waals surface area contributed by atoms with E-state index in [1.165, 1.54) is 44.5 Å². The van der Waals surface area contributed by atoms with E-state index in [1.807, 2.05) is 210 Å². The molecule has 0 bridgehead atoms. The van der Waals surface area contributed by atoms with Crippen molar-refractivity contribution in [3.8, 4) is 81.4 Å². The zero-order chi connectivity index (χ0) is 92.2. The van der Waals surface area contributed by atoms with E-state index in [-0.39, 0.29) is 218 Å². The smallest absolute Gasteiger partial charge is 0.368 e. The van der Waals surface area contributed by atoms with Gasteiger partial charge in [0.2, 0.25) is 0 Å². The number of nitrogens with zero attached hydrogens (tertiary/aromatic N) is 21. The number of allylic oxidation sites excluding steroid dienone is 2. The van der Waals surface area contributed by atoms with E-state index in [0.29, 0.717) is 63.2 Å². The third-order valence-electron chi connectivity index (χ3n) is 20.0. The Kier molecular flexibility index (Phi) is 43.5. The third kappa shape index (κ3) is 27.9. The molecule has 5 aromatic heterocycles. The Balaban J connectivity index is 0.000000253. The number of ether oxygens (including phenoxy) is 5. The molecule has 0 spiro atoms. The van der Waals surface area contributed by atoms with E-state index in [9.17, 15) is 24.0 Å². The normalized spacial score (nSPS) is 10.3. The summed E-state index contributed by atoms with van der Waals surface area (Å²) in [6.45, 7) is 37.9. The molecule has 667 valence electrons. The predicted octanol–water partition coefficient (Wildman–Crippen LogP) is 12.8. The summed E-state index contributed by atoms with van der Waals surface area (Å²) >= 11 is 0. The van der Waals surface area contributed by atoms with Gasteiger partial charge in [-0.05, 0) is 126 Å². The quantitative estimate of drug-likeness (QED) is 0.0449. The summed E-state index contributed by atoms with van der Waals surface area (Å²) in [7, 11) is 7.76. The second-order valence-electron chi connectivity index (χ2n) is 29.7. The molecule has 15 aromatic rings. The monoisotopic (exact) mass is 2160 g/mol. The topological polar surface area (TPSA) is 314 Å². The van der Waals surface area contributed by atoms with Crippen molar-refractivity contribution in [3.05, 3.63) is 364 Å². The molecule has 0 amide bonds. The van der Waals surface area contributed by atoms with Gasteiger partial charge in [0.05, 0.1) is 35.0 Å². The maximum atomic E-state index is 12.3. The Morgan fingerprint density at radius 2 is 0.669 bits per heavy atom. The standard InChI is InChI=1S/2C20H21N4O2.C20H19N4O2.C19H17N4O2.C18H16N5O2.5Y/c1-13(2)16-7-6-8-18(24-20(25)23(5)21-22-24)17(16)12-26-19-11-14(3)9-10-15(19)4;2*1-5-7-16-8-6-9-18(24-20(25)23(4)21-22-24)17(16)13-26-19-12-14(2)10-11-15(19)3;1-5-15-7-6-8-17(23-19(24)22(4)20-21-23)16(15)12-25-18-11-13(2)9-10-14(18)3;1-12-8-9-13(2)17(10-12)25-11-14-15(19-3)6-5-7-16(14)23-18(24)22(4)20-21-23;;;;;/h6-8,10-11H,1,12H2,2-5H3;5-9,11-12H,13H2,1-4H3;6,8-9,11-12H,13H2,1-4H3;1,6-8,10-11H,12H2,2-4H3;5-7,9-10H,11H2,1-2,4H3;;;;;/q5*-1;;;;;/b;7-5+;;;;;;;;. The van der Waals surface area contributed by atoms with Crippen molar-refractivity contribution in [1.82, 2.24) is 99.0 Å². The molecule has 0 aliphatic heterocycles. The summed E-state index contributed by atoms with van der Waals surface area (Å²) in [5, 5.41) is 38.5. The van der Waals surface area contributed by atoms with Crippen molar-refractivity contribution in [2.75, 3.05) is 0 Å². The number of hydrogen-bond donors (Lipinski definition) is 0. The van der Waals surface area contributed by atoms with Crippen LogP contribution in [0.4, 0.5) is 5.69 Å². The first-order valence-electron chi connectivity index (χ1n) is 40.1. The van der Waals surface area contributed by atoms with Gasteiger partial charge in [-0.1, -0.05) is 154 Å². The second kappa shape index (κ2) is 52.1. The van der Waals surface area contributed by atoms with E-state index in [1.54, 1.807) is 71.5 Å². The molecule has 36 heteroatoms. The average Bonchev–Trinajstić information content (AvgIpc) is 1.76. The van der Waals surface area contributed by atoms with Crippen LogP contribution < -0.4 is 52.1 Å². The first kappa shape index (κ1) is 111. The van der Waals surface area contributed by atoms with Gasteiger partial charge in [-0.3, -0.25) is 0 Å². The van der Waals surface area contributed by atoms with Gasteiger partial charge in [0, 0.05) is 266 Å². The van der Waals surface area contributed by atoms with E-state index >= 15 is 0 Å². The largest absolute Gasteiger partial charge is 0.515 e. The zero-order valence-electron chi connectivity index (χ0n) is 77.3. The molecule has 31 nitrogen and oxygen atoms in total. The molecule has 0 aliphatic rings. The average molecular weight is 2160 g/mol. The van der Waals surface area contributed by atoms with Crippen LogP contribution in [0, 0.1) is 130 Å². The molecule has 0 atom stereocenters. The Hall–Kier alpha value is -10.8. The van der Waals surface area contributed by atoms with E-state index in [2.05, 4.69) is 112 Å². The first-order chi connectivity index (χ1) is 61.4. The van der Waals surface area contributed by atoms with Crippen molar-refractivity contribution in [2.45, 2.75) is 123 Å². The Morgan fingerprint density at radius 1 is 0.398 bits per heavy atom. The minimum absolute atomic E-state index is 0. The van der Waals surface area contributed by atoms with Crippen LogP contribution in [0.15, 0.2) is 188 Å². The molecular weight excluding hydrogens is 2060 g/mol. The number of terminal acetylenes is 1. The maximum Gasteiger partial charge on any atom is 0.368 e. The molecular formula is C97H94N21O10Y5-5. The minimum Gasteiger partial charge on any atom is -0.515 e.